The highest BCUT2D eigenvalue weighted by atomic mass is 32.1. The maximum Gasteiger partial charge on any atom is 0.304 e. The Morgan fingerprint density at radius 3 is 3.20 bits per heavy atom. The number of nitrogens with zero attached hydrogens (tertiary/aromatic N) is 4. The van der Waals surface area contributed by atoms with E-state index >= 15 is 0 Å². The third-order valence-electron chi connectivity index (χ3n) is 3.51. The highest BCUT2D eigenvalue weighted by Crippen LogP contribution is 2.22. The van der Waals surface area contributed by atoms with E-state index in [9.17, 15) is 9.59 Å². The SMILES string of the molecule is O=C(O)CC1CCCN1Cc1cc(=O)n2ncsc2n1. The zero-order valence-electron chi connectivity index (χ0n) is 10.7. The molecule has 0 amide bonds. The summed E-state index contributed by atoms with van der Waals surface area (Å²) in [6, 6.07) is 1.51. The second-order valence-electron chi connectivity index (χ2n) is 4.88. The number of aliphatic carboxylic acids is 1. The fourth-order valence-corrected chi connectivity index (χ4v) is 3.27. The molecular formula is C12H14N4O3S. The van der Waals surface area contributed by atoms with Gasteiger partial charge in [0, 0.05) is 18.7 Å². The van der Waals surface area contributed by atoms with Gasteiger partial charge in [-0.1, -0.05) is 11.3 Å². The first-order valence-electron chi connectivity index (χ1n) is 6.42. The maximum absolute atomic E-state index is 11.8. The Bertz CT molecular complexity index is 695. The van der Waals surface area contributed by atoms with Gasteiger partial charge in [0.15, 0.2) is 0 Å². The zero-order valence-corrected chi connectivity index (χ0v) is 11.5. The van der Waals surface area contributed by atoms with E-state index in [-0.39, 0.29) is 18.0 Å². The van der Waals surface area contributed by atoms with Gasteiger partial charge in [-0.05, 0) is 19.4 Å². The normalized spacial score (nSPS) is 19.7. The molecule has 2 aromatic rings. The van der Waals surface area contributed by atoms with E-state index in [0.717, 1.165) is 19.4 Å². The quantitative estimate of drug-likeness (QED) is 0.888. The maximum atomic E-state index is 11.8. The Labute approximate surface area is 118 Å². The van der Waals surface area contributed by atoms with Crippen molar-refractivity contribution in [3.63, 3.8) is 0 Å². The molecule has 1 fully saturated rings. The highest BCUT2D eigenvalue weighted by Gasteiger charge is 2.27. The number of hydrogen-bond acceptors (Lipinski definition) is 6. The van der Waals surface area contributed by atoms with Crippen molar-refractivity contribution in [1.29, 1.82) is 0 Å². The first-order chi connectivity index (χ1) is 9.63. The van der Waals surface area contributed by atoms with Crippen LogP contribution < -0.4 is 5.56 Å². The Hall–Kier alpha value is -1.80. The first kappa shape index (κ1) is 13.2. The van der Waals surface area contributed by atoms with E-state index in [1.165, 1.54) is 21.9 Å². The number of rotatable bonds is 4. The summed E-state index contributed by atoms with van der Waals surface area (Å²) >= 11 is 1.31. The summed E-state index contributed by atoms with van der Waals surface area (Å²) in [5, 5.41) is 12.8. The summed E-state index contributed by atoms with van der Waals surface area (Å²) in [5.41, 5.74) is 2.06. The lowest BCUT2D eigenvalue weighted by Crippen LogP contribution is -2.31. The van der Waals surface area contributed by atoms with Crippen LogP contribution in [-0.2, 0) is 11.3 Å². The van der Waals surface area contributed by atoms with Gasteiger partial charge in [0.2, 0.25) is 4.96 Å². The molecule has 2 aromatic heterocycles. The molecule has 106 valence electrons. The van der Waals surface area contributed by atoms with E-state index in [0.29, 0.717) is 17.2 Å². The van der Waals surface area contributed by atoms with Gasteiger partial charge in [0.1, 0.15) is 5.51 Å². The largest absolute Gasteiger partial charge is 0.481 e. The van der Waals surface area contributed by atoms with Gasteiger partial charge in [-0.25, -0.2) is 4.98 Å². The Kier molecular flexibility index (Phi) is 3.49. The van der Waals surface area contributed by atoms with E-state index in [2.05, 4.69) is 15.0 Å². The minimum atomic E-state index is -0.784. The van der Waals surface area contributed by atoms with Crippen molar-refractivity contribution in [2.24, 2.45) is 0 Å². The van der Waals surface area contributed by atoms with E-state index < -0.39 is 5.97 Å². The van der Waals surface area contributed by atoms with Crippen LogP contribution in [0.2, 0.25) is 0 Å². The monoisotopic (exact) mass is 294 g/mol. The average Bonchev–Trinajstić information content (AvgIpc) is 2.99. The molecule has 1 atom stereocenters. The lowest BCUT2D eigenvalue weighted by atomic mass is 10.1. The molecule has 3 rings (SSSR count). The molecule has 1 aliphatic rings. The Morgan fingerprint density at radius 1 is 1.55 bits per heavy atom. The third kappa shape index (κ3) is 2.56. The summed E-state index contributed by atoms with van der Waals surface area (Å²) in [6.45, 7) is 1.36. The van der Waals surface area contributed by atoms with Crippen LogP contribution in [-0.4, -0.2) is 43.2 Å². The highest BCUT2D eigenvalue weighted by molar-refractivity contribution is 7.14. The number of fused-ring (bicyclic) bond motifs is 1. The van der Waals surface area contributed by atoms with Crippen LogP contribution in [0.3, 0.4) is 0 Å². The molecule has 1 unspecified atom stereocenters. The summed E-state index contributed by atoms with van der Waals surface area (Å²) in [5.74, 6) is -0.784. The van der Waals surface area contributed by atoms with Crippen LogP contribution in [0.25, 0.3) is 4.96 Å². The summed E-state index contributed by atoms with van der Waals surface area (Å²) < 4.78 is 1.27. The van der Waals surface area contributed by atoms with Crippen LogP contribution in [0.1, 0.15) is 25.0 Å². The summed E-state index contributed by atoms with van der Waals surface area (Å²) in [4.78, 5) is 29.8. The molecule has 0 bridgehead atoms. The molecule has 3 heterocycles. The van der Waals surface area contributed by atoms with Crippen molar-refractivity contribution in [3.8, 4) is 0 Å². The van der Waals surface area contributed by atoms with Crippen molar-refractivity contribution < 1.29 is 9.90 Å². The number of carboxylic acid groups (broad SMARTS) is 1. The molecule has 0 aliphatic carbocycles. The topological polar surface area (TPSA) is 87.8 Å². The predicted octanol–water partition coefficient (Wildman–Crippen LogP) is 0.590. The molecule has 0 radical (unpaired) electrons. The minimum absolute atomic E-state index is 0.0363. The molecule has 1 aliphatic heterocycles. The van der Waals surface area contributed by atoms with Gasteiger partial charge < -0.3 is 5.11 Å². The van der Waals surface area contributed by atoms with Crippen molar-refractivity contribution in [1.82, 2.24) is 19.5 Å². The molecule has 0 spiro atoms. The standard InChI is InChI=1S/C12H14N4O3S/c17-10-4-8(14-12-16(10)13-7-20-12)6-15-3-1-2-9(15)5-11(18)19/h4,7,9H,1-3,5-6H2,(H,18,19). The van der Waals surface area contributed by atoms with Crippen molar-refractivity contribution in [3.05, 3.63) is 27.6 Å². The second kappa shape index (κ2) is 5.29. The number of hydrogen-bond donors (Lipinski definition) is 1. The predicted molar refractivity (Wildman–Crippen MR) is 72.8 cm³/mol. The molecule has 1 N–H and O–H groups in total. The van der Waals surface area contributed by atoms with Crippen molar-refractivity contribution in [2.75, 3.05) is 6.54 Å². The molecule has 1 saturated heterocycles. The fraction of sp³-hybridized carbons (Fsp3) is 0.500. The third-order valence-corrected chi connectivity index (χ3v) is 4.19. The molecule has 0 aromatic carbocycles. The number of likely N-dealkylation sites (tertiary alicyclic amines) is 1. The molecule has 7 nitrogen and oxygen atoms in total. The van der Waals surface area contributed by atoms with Gasteiger partial charge in [-0.3, -0.25) is 14.5 Å². The lowest BCUT2D eigenvalue weighted by molar-refractivity contribution is -0.138. The van der Waals surface area contributed by atoms with Gasteiger partial charge in [-0.15, -0.1) is 0 Å². The van der Waals surface area contributed by atoms with Crippen LogP contribution in [0, 0.1) is 0 Å². The van der Waals surface area contributed by atoms with Gasteiger partial charge in [0.05, 0.1) is 12.1 Å². The molecular weight excluding hydrogens is 280 g/mol. The smallest absolute Gasteiger partial charge is 0.304 e. The van der Waals surface area contributed by atoms with Gasteiger partial charge >= 0.3 is 5.97 Å². The Balaban J connectivity index is 1.81. The summed E-state index contributed by atoms with van der Waals surface area (Å²) in [6.07, 6.45) is 2.01. The first-order valence-corrected chi connectivity index (χ1v) is 7.30. The van der Waals surface area contributed by atoms with E-state index in [1.807, 2.05) is 0 Å². The minimum Gasteiger partial charge on any atom is -0.481 e. The van der Waals surface area contributed by atoms with Gasteiger partial charge in [0.25, 0.3) is 5.56 Å². The molecule has 8 heteroatoms. The zero-order chi connectivity index (χ0) is 14.1. The van der Waals surface area contributed by atoms with Crippen LogP contribution in [0.5, 0.6) is 0 Å². The number of carbonyl (C=O) groups is 1. The van der Waals surface area contributed by atoms with Crippen LogP contribution in [0.4, 0.5) is 0 Å². The second-order valence-corrected chi connectivity index (χ2v) is 5.69. The number of carboxylic acids is 1. The molecule has 20 heavy (non-hydrogen) atoms. The van der Waals surface area contributed by atoms with Crippen molar-refractivity contribution in [2.45, 2.75) is 31.8 Å². The van der Waals surface area contributed by atoms with Crippen LogP contribution in [0.15, 0.2) is 16.4 Å². The Morgan fingerprint density at radius 2 is 2.40 bits per heavy atom. The van der Waals surface area contributed by atoms with E-state index in [1.54, 1.807) is 5.51 Å². The molecule has 0 saturated carbocycles. The average molecular weight is 294 g/mol. The fourth-order valence-electron chi connectivity index (χ4n) is 2.63. The van der Waals surface area contributed by atoms with E-state index in [4.69, 9.17) is 5.11 Å². The lowest BCUT2D eigenvalue weighted by Gasteiger charge is -2.22. The summed E-state index contributed by atoms with van der Waals surface area (Å²) in [7, 11) is 0. The van der Waals surface area contributed by atoms with Crippen LogP contribution >= 0.6 is 11.3 Å². The number of aromatic nitrogens is 3. The van der Waals surface area contributed by atoms with Crippen molar-refractivity contribution >= 4 is 22.3 Å². The van der Waals surface area contributed by atoms with Gasteiger partial charge in [-0.2, -0.15) is 9.61 Å².